The first kappa shape index (κ1) is 15.2. The summed E-state index contributed by atoms with van der Waals surface area (Å²) in [5.41, 5.74) is 1.05. The molecule has 0 radical (unpaired) electrons. The fourth-order valence-electron chi connectivity index (χ4n) is 2.35. The predicted molar refractivity (Wildman–Crippen MR) is 89.2 cm³/mol. The summed E-state index contributed by atoms with van der Waals surface area (Å²) in [4.78, 5) is 4.71. The molecule has 0 bridgehead atoms. The highest BCUT2D eigenvalue weighted by molar-refractivity contribution is 7.18. The maximum atomic E-state index is 10.1. The second-order valence-corrected chi connectivity index (χ2v) is 6.60. The van der Waals surface area contributed by atoms with Crippen LogP contribution in [0, 0.1) is 0 Å². The van der Waals surface area contributed by atoms with Crippen LogP contribution in [0.25, 0.3) is 10.2 Å². The van der Waals surface area contributed by atoms with E-state index < -0.39 is 6.10 Å². The van der Waals surface area contributed by atoms with Gasteiger partial charge in [-0.3, -0.25) is 0 Å². The van der Waals surface area contributed by atoms with Crippen LogP contribution in [0.1, 0.15) is 36.6 Å². The first-order valence-corrected chi connectivity index (χ1v) is 8.27. The minimum Gasteiger partial charge on any atom is -0.467 e. The summed E-state index contributed by atoms with van der Waals surface area (Å²) in [5, 5.41) is 14.5. The van der Waals surface area contributed by atoms with E-state index in [9.17, 15) is 5.11 Å². The Labute approximate surface area is 133 Å². The van der Waals surface area contributed by atoms with Crippen molar-refractivity contribution < 1.29 is 9.52 Å². The summed E-state index contributed by atoms with van der Waals surface area (Å²) in [6.07, 6.45) is 0.950. The standard InChI is InChI=1S/C17H20N2O2S/c1-11(17-19-13-6-3-4-8-16(13)22-17)12(2)18-10-14(20)15-7-5-9-21-15/h3-9,11-12,14,18,20H,10H2,1-2H3. The van der Waals surface area contributed by atoms with Crippen LogP contribution in [0.3, 0.4) is 0 Å². The second kappa shape index (κ2) is 6.60. The Hall–Kier alpha value is -1.69. The highest BCUT2D eigenvalue weighted by Crippen LogP contribution is 2.29. The third kappa shape index (κ3) is 3.21. The number of fused-ring (bicyclic) bond motifs is 1. The zero-order valence-electron chi connectivity index (χ0n) is 12.7. The molecule has 0 aliphatic carbocycles. The molecule has 0 spiro atoms. The smallest absolute Gasteiger partial charge is 0.133 e. The van der Waals surface area contributed by atoms with Gasteiger partial charge in [0, 0.05) is 18.5 Å². The van der Waals surface area contributed by atoms with Gasteiger partial charge >= 0.3 is 0 Å². The molecule has 0 saturated heterocycles. The number of hydrogen-bond acceptors (Lipinski definition) is 5. The number of nitrogens with zero attached hydrogens (tertiary/aromatic N) is 1. The molecule has 5 heteroatoms. The second-order valence-electron chi connectivity index (χ2n) is 5.54. The number of hydrogen-bond donors (Lipinski definition) is 2. The van der Waals surface area contributed by atoms with Crippen LogP contribution in [0.4, 0.5) is 0 Å². The van der Waals surface area contributed by atoms with Gasteiger partial charge in [0.05, 0.1) is 21.5 Å². The fourth-order valence-corrected chi connectivity index (χ4v) is 3.48. The summed E-state index contributed by atoms with van der Waals surface area (Å²) in [5.74, 6) is 0.869. The van der Waals surface area contributed by atoms with Crippen molar-refractivity contribution in [1.82, 2.24) is 10.3 Å². The minimum absolute atomic E-state index is 0.213. The molecule has 2 heterocycles. The van der Waals surface area contributed by atoms with Crippen LogP contribution in [0.5, 0.6) is 0 Å². The van der Waals surface area contributed by atoms with E-state index >= 15 is 0 Å². The van der Waals surface area contributed by atoms with E-state index in [-0.39, 0.29) is 12.0 Å². The van der Waals surface area contributed by atoms with Crippen molar-refractivity contribution in [3.63, 3.8) is 0 Å². The summed E-state index contributed by atoms with van der Waals surface area (Å²) >= 11 is 1.73. The highest BCUT2D eigenvalue weighted by Gasteiger charge is 2.19. The number of benzene rings is 1. The quantitative estimate of drug-likeness (QED) is 0.728. The number of aromatic nitrogens is 1. The zero-order chi connectivity index (χ0) is 15.5. The minimum atomic E-state index is -0.625. The SMILES string of the molecule is CC(NCC(O)c1ccco1)C(C)c1nc2ccccc2s1. The maximum Gasteiger partial charge on any atom is 0.133 e. The lowest BCUT2D eigenvalue weighted by Gasteiger charge is -2.20. The third-order valence-corrected chi connectivity index (χ3v) is 5.19. The van der Waals surface area contributed by atoms with Crippen molar-refractivity contribution in [1.29, 1.82) is 0 Å². The molecule has 0 aliphatic rings. The number of aliphatic hydroxyl groups is 1. The van der Waals surface area contributed by atoms with Crippen molar-refractivity contribution in [3.8, 4) is 0 Å². The van der Waals surface area contributed by atoms with Crippen LogP contribution in [0.15, 0.2) is 47.1 Å². The molecule has 0 saturated carbocycles. The number of para-hydroxylation sites is 1. The Morgan fingerprint density at radius 3 is 2.77 bits per heavy atom. The first-order chi connectivity index (χ1) is 10.6. The zero-order valence-corrected chi connectivity index (χ0v) is 13.5. The van der Waals surface area contributed by atoms with Crippen molar-refractivity contribution in [2.45, 2.75) is 31.9 Å². The van der Waals surface area contributed by atoms with E-state index in [0.717, 1.165) is 10.5 Å². The molecule has 0 aliphatic heterocycles. The molecule has 116 valence electrons. The van der Waals surface area contributed by atoms with Gasteiger partial charge in [0.25, 0.3) is 0 Å². The first-order valence-electron chi connectivity index (χ1n) is 7.45. The summed E-state index contributed by atoms with van der Waals surface area (Å²) in [7, 11) is 0. The van der Waals surface area contributed by atoms with Crippen LogP contribution in [-0.4, -0.2) is 22.7 Å². The van der Waals surface area contributed by atoms with E-state index in [1.54, 1.807) is 29.7 Å². The molecular weight excluding hydrogens is 296 g/mol. The Kier molecular flexibility index (Phi) is 4.57. The van der Waals surface area contributed by atoms with E-state index in [1.807, 2.05) is 18.2 Å². The number of rotatable bonds is 6. The lowest BCUT2D eigenvalue weighted by atomic mass is 10.0. The van der Waals surface area contributed by atoms with Gasteiger partial charge in [-0.25, -0.2) is 4.98 Å². The third-order valence-electron chi connectivity index (χ3n) is 3.95. The molecule has 3 unspecified atom stereocenters. The highest BCUT2D eigenvalue weighted by atomic mass is 32.1. The number of aliphatic hydroxyl groups excluding tert-OH is 1. The van der Waals surface area contributed by atoms with E-state index in [2.05, 4.69) is 25.2 Å². The van der Waals surface area contributed by atoms with Gasteiger partial charge in [0.1, 0.15) is 11.9 Å². The van der Waals surface area contributed by atoms with Gasteiger partial charge < -0.3 is 14.8 Å². The van der Waals surface area contributed by atoms with Gasteiger partial charge in [-0.15, -0.1) is 11.3 Å². The van der Waals surface area contributed by atoms with Crippen molar-refractivity contribution in [3.05, 3.63) is 53.4 Å². The lowest BCUT2D eigenvalue weighted by molar-refractivity contribution is 0.143. The molecule has 3 aromatic rings. The summed E-state index contributed by atoms with van der Waals surface area (Å²) < 4.78 is 6.43. The molecule has 3 atom stereocenters. The Balaban J connectivity index is 1.62. The molecular formula is C17H20N2O2S. The molecule has 0 amide bonds. The van der Waals surface area contributed by atoms with Crippen LogP contribution < -0.4 is 5.32 Å². The van der Waals surface area contributed by atoms with E-state index in [4.69, 9.17) is 9.40 Å². The van der Waals surface area contributed by atoms with Crippen LogP contribution in [-0.2, 0) is 0 Å². The van der Waals surface area contributed by atoms with Gasteiger partial charge in [-0.1, -0.05) is 19.1 Å². The Morgan fingerprint density at radius 2 is 2.05 bits per heavy atom. The van der Waals surface area contributed by atoms with Gasteiger partial charge in [-0.05, 0) is 31.2 Å². The van der Waals surface area contributed by atoms with E-state index in [1.165, 1.54) is 4.70 Å². The molecule has 0 fully saturated rings. The average molecular weight is 316 g/mol. The molecule has 22 heavy (non-hydrogen) atoms. The Bertz CT molecular complexity index is 690. The Morgan fingerprint density at radius 1 is 1.23 bits per heavy atom. The van der Waals surface area contributed by atoms with Crippen molar-refractivity contribution in [2.24, 2.45) is 0 Å². The van der Waals surface area contributed by atoms with Crippen LogP contribution >= 0.6 is 11.3 Å². The largest absolute Gasteiger partial charge is 0.467 e. The van der Waals surface area contributed by atoms with E-state index in [0.29, 0.717) is 12.3 Å². The fraction of sp³-hybridized carbons (Fsp3) is 0.353. The lowest BCUT2D eigenvalue weighted by Crippen LogP contribution is -2.34. The maximum absolute atomic E-state index is 10.1. The van der Waals surface area contributed by atoms with Crippen molar-refractivity contribution >= 4 is 21.6 Å². The normalized spacial score (nSPS) is 15.8. The van der Waals surface area contributed by atoms with Gasteiger partial charge in [-0.2, -0.15) is 0 Å². The summed E-state index contributed by atoms with van der Waals surface area (Å²) in [6, 6.07) is 12.0. The predicted octanol–water partition coefficient (Wildman–Crippen LogP) is 3.70. The molecule has 1 aromatic carbocycles. The molecule has 2 aromatic heterocycles. The van der Waals surface area contributed by atoms with Gasteiger partial charge in [0.15, 0.2) is 0 Å². The summed E-state index contributed by atoms with van der Waals surface area (Å²) in [6.45, 7) is 4.74. The molecule has 2 N–H and O–H groups in total. The average Bonchev–Trinajstić information content (AvgIpc) is 3.20. The van der Waals surface area contributed by atoms with Crippen LogP contribution in [0.2, 0.25) is 0 Å². The number of furan rings is 1. The molecule has 3 rings (SSSR count). The molecule has 4 nitrogen and oxygen atoms in total. The number of nitrogens with one attached hydrogen (secondary N) is 1. The van der Waals surface area contributed by atoms with Crippen molar-refractivity contribution in [2.75, 3.05) is 6.54 Å². The monoisotopic (exact) mass is 316 g/mol. The number of thiazole rings is 1. The topological polar surface area (TPSA) is 58.3 Å². The van der Waals surface area contributed by atoms with Gasteiger partial charge in [0.2, 0.25) is 0 Å².